The summed E-state index contributed by atoms with van der Waals surface area (Å²) in [5.74, 6) is -0.554. The number of amides is 1. The van der Waals surface area contributed by atoms with Crippen LogP contribution in [0.25, 0.3) is 10.9 Å². The zero-order valence-electron chi connectivity index (χ0n) is 13.4. The van der Waals surface area contributed by atoms with Crippen LogP contribution in [0.5, 0.6) is 0 Å². The van der Waals surface area contributed by atoms with E-state index in [0.29, 0.717) is 0 Å². The Balaban J connectivity index is 1.68. The standard InChI is InChI=1S/C19H18FN3O/c1-2-23-13-15(17-5-3-4-6-18(17)23)12-21-22-19(24)11-14-7-9-16(20)10-8-14/h3-10,12-13H,2,11H2,1H3,(H,22,24)/b21-12+. The largest absolute Gasteiger partial charge is 0.347 e. The molecule has 0 fully saturated rings. The molecule has 0 spiro atoms. The number of para-hydroxylation sites is 1. The number of carbonyl (C=O) groups excluding carboxylic acids is 1. The predicted molar refractivity (Wildman–Crippen MR) is 93.5 cm³/mol. The third-order valence-corrected chi connectivity index (χ3v) is 3.83. The minimum Gasteiger partial charge on any atom is -0.347 e. The number of hydrogen-bond acceptors (Lipinski definition) is 2. The molecule has 3 aromatic rings. The van der Waals surface area contributed by atoms with E-state index in [1.54, 1.807) is 18.3 Å². The van der Waals surface area contributed by atoms with Gasteiger partial charge in [-0.2, -0.15) is 5.10 Å². The molecule has 24 heavy (non-hydrogen) atoms. The van der Waals surface area contributed by atoms with Crippen molar-refractivity contribution in [1.82, 2.24) is 9.99 Å². The third-order valence-electron chi connectivity index (χ3n) is 3.83. The number of hydrogen-bond donors (Lipinski definition) is 1. The first-order valence-corrected chi connectivity index (χ1v) is 7.81. The lowest BCUT2D eigenvalue weighted by atomic mass is 10.1. The Hall–Kier alpha value is -2.95. The van der Waals surface area contributed by atoms with E-state index in [4.69, 9.17) is 0 Å². The first-order chi connectivity index (χ1) is 11.7. The molecule has 0 unspecified atom stereocenters. The topological polar surface area (TPSA) is 46.4 Å². The van der Waals surface area contributed by atoms with Gasteiger partial charge in [-0.05, 0) is 30.7 Å². The van der Waals surface area contributed by atoms with Crippen LogP contribution in [0.1, 0.15) is 18.1 Å². The molecule has 1 amide bonds. The fourth-order valence-electron chi connectivity index (χ4n) is 2.64. The summed E-state index contributed by atoms with van der Waals surface area (Å²) in [4.78, 5) is 11.9. The fourth-order valence-corrected chi connectivity index (χ4v) is 2.64. The lowest BCUT2D eigenvalue weighted by Crippen LogP contribution is -2.19. The normalized spacial score (nSPS) is 11.2. The first-order valence-electron chi connectivity index (χ1n) is 7.81. The average molecular weight is 323 g/mol. The van der Waals surface area contributed by atoms with Gasteiger partial charge in [0.05, 0.1) is 12.6 Å². The van der Waals surface area contributed by atoms with Gasteiger partial charge in [0.25, 0.3) is 0 Å². The summed E-state index contributed by atoms with van der Waals surface area (Å²) in [5, 5.41) is 5.13. The Bertz CT molecular complexity index is 881. The van der Waals surface area contributed by atoms with Gasteiger partial charge in [0.15, 0.2) is 0 Å². The number of rotatable bonds is 5. The van der Waals surface area contributed by atoms with Crippen molar-refractivity contribution in [3.63, 3.8) is 0 Å². The van der Waals surface area contributed by atoms with Crippen molar-refractivity contribution in [1.29, 1.82) is 0 Å². The predicted octanol–water partition coefficient (Wildman–Crippen LogP) is 3.49. The zero-order valence-corrected chi connectivity index (χ0v) is 13.4. The smallest absolute Gasteiger partial charge is 0.244 e. The number of nitrogens with one attached hydrogen (secondary N) is 1. The van der Waals surface area contributed by atoms with Gasteiger partial charge in [-0.3, -0.25) is 4.79 Å². The Morgan fingerprint density at radius 2 is 1.96 bits per heavy atom. The van der Waals surface area contributed by atoms with Crippen molar-refractivity contribution in [2.24, 2.45) is 5.10 Å². The number of hydrazone groups is 1. The summed E-state index contributed by atoms with van der Waals surface area (Å²) in [7, 11) is 0. The van der Waals surface area contributed by atoms with Crippen molar-refractivity contribution in [2.75, 3.05) is 0 Å². The SMILES string of the molecule is CCn1cc(/C=N/NC(=O)Cc2ccc(F)cc2)c2ccccc21. The van der Waals surface area contributed by atoms with E-state index in [1.807, 2.05) is 24.4 Å². The number of benzene rings is 2. The minimum absolute atomic E-state index is 0.161. The summed E-state index contributed by atoms with van der Waals surface area (Å²) in [5.41, 5.74) is 5.35. The maximum absolute atomic E-state index is 12.8. The second kappa shape index (κ2) is 7.08. The van der Waals surface area contributed by atoms with Crippen LogP contribution in [0.3, 0.4) is 0 Å². The number of halogens is 1. The molecule has 0 aliphatic carbocycles. The second-order valence-electron chi connectivity index (χ2n) is 5.48. The van der Waals surface area contributed by atoms with Gasteiger partial charge < -0.3 is 4.57 Å². The van der Waals surface area contributed by atoms with E-state index in [0.717, 1.165) is 28.6 Å². The molecule has 1 aromatic heterocycles. The molecule has 0 saturated carbocycles. The van der Waals surface area contributed by atoms with Crippen LogP contribution in [0.4, 0.5) is 4.39 Å². The second-order valence-corrected chi connectivity index (χ2v) is 5.48. The number of fused-ring (bicyclic) bond motifs is 1. The molecule has 122 valence electrons. The lowest BCUT2D eigenvalue weighted by Gasteiger charge is -2.00. The molecular weight excluding hydrogens is 305 g/mol. The molecule has 4 nitrogen and oxygen atoms in total. The van der Waals surface area contributed by atoms with Gasteiger partial charge >= 0.3 is 0 Å². The molecule has 0 aliphatic rings. The lowest BCUT2D eigenvalue weighted by molar-refractivity contribution is -0.120. The van der Waals surface area contributed by atoms with E-state index in [-0.39, 0.29) is 18.1 Å². The van der Waals surface area contributed by atoms with Crippen molar-refractivity contribution in [2.45, 2.75) is 19.9 Å². The van der Waals surface area contributed by atoms with Gasteiger partial charge in [0.2, 0.25) is 5.91 Å². The maximum atomic E-state index is 12.8. The Labute approximate surface area is 139 Å². The van der Waals surface area contributed by atoms with Crippen LogP contribution in [0.2, 0.25) is 0 Å². The van der Waals surface area contributed by atoms with Gasteiger partial charge in [-0.15, -0.1) is 0 Å². The molecule has 1 heterocycles. The van der Waals surface area contributed by atoms with Crippen LogP contribution in [-0.2, 0) is 17.8 Å². The van der Waals surface area contributed by atoms with Crippen LogP contribution < -0.4 is 5.43 Å². The molecule has 0 atom stereocenters. The van der Waals surface area contributed by atoms with Crippen LogP contribution in [0.15, 0.2) is 59.8 Å². The average Bonchev–Trinajstić information content (AvgIpc) is 2.95. The Morgan fingerprint density at radius 3 is 2.71 bits per heavy atom. The molecular formula is C19H18FN3O. The quantitative estimate of drug-likeness (QED) is 0.567. The van der Waals surface area contributed by atoms with E-state index in [1.165, 1.54) is 12.1 Å². The molecule has 1 N–H and O–H groups in total. The highest BCUT2D eigenvalue weighted by Gasteiger charge is 2.06. The summed E-state index contributed by atoms with van der Waals surface area (Å²) in [6.07, 6.45) is 3.83. The van der Waals surface area contributed by atoms with Gasteiger partial charge in [0.1, 0.15) is 5.82 Å². The molecule has 3 rings (SSSR count). The Morgan fingerprint density at radius 1 is 1.21 bits per heavy atom. The van der Waals surface area contributed by atoms with Crippen LogP contribution >= 0.6 is 0 Å². The van der Waals surface area contributed by atoms with E-state index in [9.17, 15) is 9.18 Å². The number of nitrogens with zero attached hydrogens (tertiary/aromatic N) is 2. The number of aryl methyl sites for hydroxylation is 1. The first kappa shape index (κ1) is 15.9. The van der Waals surface area contributed by atoms with Crippen LogP contribution in [-0.4, -0.2) is 16.7 Å². The zero-order chi connectivity index (χ0) is 16.9. The van der Waals surface area contributed by atoms with E-state index in [2.05, 4.69) is 28.1 Å². The summed E-state index contributed by atoms with van der Waals surface area (Å²) in [6.45, 7) is 2.95. The highest BCUT2D eigenvalue weighted by Crippen LogP contribution is 2.19. The minimum atomic E-state index is -0.315. The molecule has 0 saturated heterocycles. The summed E-state index contributed by atoms with van der Waals surface area (Å²) >= 11 is 0. The van der Waals surface area contributed by atoms with Crippen LogP contribution in [0, 0.1) is 5.82 Å². The van der Waals surface area contributed by atoms with Gasteiger partial charge in [-0.25, -0.2) is 9.82 Å². The molecule has 5 heteroatoms. The maximum Gasteiger partial charge on any atom is 0.244 e. The molecule has 0 bridgehead atoms. The molecule has 0 aliphatic heterocycles. The Kier molecular flexibility index (Phi) is 4.70. The van der Waals surface area contributed by atoms with Crippen molar-refractivity contribution in [3.8, 4) is 0 Å². The molecule has 0 radical (unpaired) electrons. The van der Waals surface area contributed by atoms with Crippen molar-refractivity contribution < 1.29 is 9.18 Å². The summed E-state index contributed by atoms with van der Waals surface area (Å²) < 4.78 is 15.0. The third kappa shape index (κ3) is 3.51. The highest BCUT2D eigenvalue weighted by molar-refractivity contribution is 5.99. The van der Waals surface area contributed by atoms with Crippen molar-refractivity contribution >= 4 is 23.0 Å². The molecule has 2 aromatic carbocycles. The van der Waals surface area contributed by atoms with Crippen molar-refractivity contribution in [3.05, 3.63) is 71.7 Å². The van der Waals surface area contributed by atoms with Gasteiger partial charge in [0, 0.05) is 29.2 Å². The number of aromatic nitrogens is 1. The van der Waals surface area contributed by atoms with Gasteiger partial charge in [-0.1, -0.05) is 30.3 Å². The highest BCUT2D eigenvalue weighted by atomic mass is 19.1. The monoisotopic (exact) mass is 323 g/mol. The van der Waals surface area contributed by atoms with E-state index < -0.39 is 0 Å². The number of carbonyl (C=O) groups is 1. The fraction of sp³-hybridized carbons (Fsp3) is 0.158. The van der Waals surface area contributed by atoms with E-state index >= 15 is 0 Å². The summed E-state index contributed by atoms with van der Waals surface area (Å²) in [6, 6.07) is 13.9.